The molecule has 0 bridgehead atoms. The van der Waals surface area contributed by atoms with E-state index >= 15 is 0 Å². The van der Waals surface area contributed by atoms with Crippen molar-refractivity contribution in [3.05, 3.63) is 95.1 Å². The van der Waals surface area contributed by atoms with E-state index in [1.54, 1.807) is 12.1 Å². The molecule has 154 valence electrons. The summed E-state index contributed by atoms with van der Waals surface area (Å²) < 4.78 is 58.9. The van der Waals surface area contributed by atoms with Gasteiger partial charge in [0.1, 0.15) is 12.6 Å². The predicted molar refractivity (Wildman–Crippen MR) is 109 cm³/mol. The number of benzene rings is 3. The highest BCUT2D eigenvalue weighted by Crippen LogP contribution is 2.34. The standard InChI is InChI=1S/C23H18F3NO2S/c1-15-7-10-18(11-8-15)30(28)21-12-9-17(23(24,25)26)13-19(21)22-27-20(14-29-22)16-5-3-2-4-6-16/h2-13,20H,14H2,1H3/t20?,30-/m1/s1. The van der Waals surface area contributed by atoms with Gasteiger partial charge in [-0.1, -0.05) is 48.0 Å². The van der Waals surface area contributed by atoms with Crippen molar-refractivity contribution in [3.63, 3.8) is 0 Å². The average Bonchev–Trinajstić information content (AvgIpc) is 3.23. The molecule has 1 aliphatic rings. The molecule has 3 nitrogen and oxygen atoms in total. The molecule has 4 rings (SSSR count). The van der Waals surface area contributed by atoms with Crippen LogP contribution in [0.15, 0.2) is 87.6 Å². The first-order chi connectivity index (χ1) is 14.3. The molecule has 3 aromatic rings. The smallest absolute Gasteiger partial charge is 0.416 e. The van der Waals surface area contributed by atoms with Crippen LogP contribution < -0.4 is 0 Å². The Bertz CT molecular complexity index is 1110. The number of ether oxygens (including phenoxy) is 1. The second-order valence-corrected chi connectivity index (χ2v) is 8.41. The SMILES string of the molecule is Cc1ccc([S@@](=O)c2ccc(C(F)(F)F)cc2C2=NC(c3ccccc3)CO2)cc1. The molecule has 7 heteroatoms. The van der Waals surface area contributed by atoms with Crippen LogP contribution in [-0.2, 0) is 21.7 Å². The quantitative estimate of drug-likeness (QED) is 0.534. The predicted octanol–water partition coefficient (Wildman–Crippen LogP) is 5.70. The molecule has 0 saturated heterocycles. The largest absolute Gasteiger partial charge is 0.475 e. The van der Waals surface area contributed by atoms with Crippen LogP contribution in [0.5, 0.6) is 0 Å². The van der Waals surface area contributed by atoms with Crippen LogP contribution in [0, 0.1) is 6.92 Å². The third-order valence-corrected chi connectivity index (χ3v) is 6.26. The Kier molecular flexibility index (Phi) is 5.47. The van der Waals surface area contributed by atoms with Crippen LogP contribution >= 0.6 is 0 Å². The number of aryl methyl sites for hydroxylation is 1. The molecule has 0 N–H and O–H groups in total. The van der Waals surface area contributed by atoms with Crippen LogP contribution in [0.4, 0.5) is 13.2 Å². The van der Waals surface area contributed by atoms with Gasteiger partial charge >= 0.3 is 6.18 Å². The van der Waals surface area contributed by atoms with E-state index in [4.69, 9.17) is 4.74 Å². The minimum absolute atomic E-state index is 0.0745. The monoisotopic (exact) mass is 429 g/mol. The topological polar surface area (TPSA) is 38.7 Å². The number of hydrogen-bond acceptors (Lipinski definition) is 3. The Hall–Kier alpha value is -2.93. The molecule has 1 aliphatic heterocycles. The highest BCUT2D eigenvalue weighted by molar-refractivity contribution is 7.85. The van der Waals surface area contributed by atoms with Crippen molar-refractivity contribution < 1.29 is 22.1 Å². The Morgan fingerprint density at radius 1 is 1.00 bits per heavy atom. The summed E-state index contributed by atoms with van der Waals surface area (Å²) in [6, 6.07) is 19.2. The van der Waals surface area contributed by atoms with E-state index in [1.165, 1.54) is 6.07 Å². The number of hydrogen-bond donors (Lipinski definition) is 0. The molecular formula is C23H18F3NO2S. The Morgan fingerprint density at radius 3 is 2.37 bits per heavy atom. The first-order valence-electron chi connectivity index (χ1n) is 9.28. The lowest BCUT2D eigenvalue weighted by Gasteiger charge is -2.13. The lowest BCUT2D eigenvalue weighted by atomic mass is 10.1. The minimum atomic E-state index is -4.53. The lowest BCUT2D eigenvalue weighted by Crippen LogP contribution is -2.12. The molecule has 0 radical (unpaired) electrons. The van der Waals surface area contributed by atoms with Crippen LogP contribution in [0.3, 0.4) is 0 Å². The van der Waals surface area contributed by atoms with Gasteiger partial charge in [-0.3, -0.25) is 0 Å². The number of halogens is 3. The summed E-state index contributed by atoms with van der Waals surface area (Å²) in [5, 5.41) is 0. The van der Waals surface area contributed by atoms with Gasteiger partial charge < -0.3 is 4.74 Å². The number of nitrogens with zero attached hydrogens (tertiary/aromatic N) is 1. The molecular weight excluding hydrogens is 411 g/mol. The summed E-state index contributed by atoms with van der Waals surface area (Å²) >= 11 is 0. The summed E-state index contributed by atoms with van der Waals surface area (Å²) in [6.07, 6.45) is -4.53. The Balaban J connectivity index is 1.78. The number of rotatable bonds is 4. The Morgan fingerprint density at radius 2 is 1.70 bits per heavy atom. The van der Waals surface area contributed by atoms with Gasteiger partial charge in [0.05, 0.1) is 26.8 Å². The van der Waals surface area contributed by atoms with Gasteiger partial charge in [0.15, 0.2) is 0 Å². The lowest BCUT2D eigenvalue weighted by molar-refractivity contribution is -0.137. The van der Waals surface area contributed by atoms with Gasteiger partial charge in [0.25, 0.3) is 0 Å². The van der Waals surface area contributed by atoms with Crippen LogP contribution in [0.2, 0.25) is 0 Å². The number of alkyl halides is 3. The maximum atomic E-state index is 13.3. The van der Waals surface area contributed by atoms with E-state index in [2.05, 4.69) is 4.99 Å². The van der Waals surface area contributed by atoms with Gasteiger partial charge in [-0.25, -0.2) is 9.20 Å². The van der Waals surface area contributed by atoms with Crippen molar-refractivity contribution >= 4 is 16.7 Å². The third kappa shape index (κ3) is 4.16. The van der Waals surface area contributed by atoms with Crippen LogP contribution in [0.1, 0.15) is 28.3 Å². The fraction of sp³-hybridized carbons (Fsp3) is 0.174. The molecule has 3 aromatic carbocycles. The molecule has 0 aromatic heterocycles. The third-order valence-electron chi connectivity index (χ3n) is 4.81. The summed E-state index contributed by atoms with van der Waals surface area (Å²) in [7, 11) is -1.68. The summed E-state index contributed by atoms with van der Waals surface area (Å²) in [5.41, 5.74) is 1.16. The van der Waals surface area contributed by atoms with E-state index < -0.39 is 22.5 Å². The maximum Gasteiger partial charge on any atom is 0.416 e. The molecule has 0 fully saturated rings. The normalized spacial score (nSPS) is 17.3. The average molecular weight is 429 g/mol. The Labute approximate surface area is 174 Å². The van der Waals surface area contributed by atoms with Gasteiger partial charge in [0.2, 0.25) is 5.90 Å². The minimum Gasteiger partial charge on any atom is -0.475 e. The molecule has 30 heavy (non-hydrogen) atoms. The van der Waals surface area contributed by atoms with Crippen molar-refractivity contribution in [2.45, 2.75) is 28.9 Å². The summed E-state index contributed by atoms with van der Waals surface area (Å²) in [5.74, 6) is 0.0745. The first kappa shape index (κ1) is 20.3. The molecule has 0 spiro atoms. The van der Waals surface area contributed by atoms with Crippen molar-refractivity contribution in [3.8, 4) is 0 Å². The zero-order chi connectivity index (χ0) is 21.3. The number of aliphatic imine (C=N–C) groups is 1. The molecule has 1 heterocycles. The van der Waals surface area contributed by atoms with Crippen LogP contribution in [0.25, 0.3) is 0 Å². The molecule has 0 aliphatic carbocycles. The summed E-state index contributed by atoms with van der Waals surface area (Å²) in [4.78, 5) is 5.23. The van der Waals surface area contributed by atoms with Crippen LogP contribution in [-0.4, -0.2) is 16.7 Å². The van der Waals surface area contributed by atoms with Gasteiger partial charge in [-0.05, 0) is 42.8 Å². The van der Waals surface area contributed by atoms with Gasteiger partial charge in [-0.2, -0.15) is 13.2 Å². The maximum absolute atomic E-state index is 13.3. The van der Waals surface area contributed by atoms with Crippen molar-refractivity contribution in [1.82, 2.24) is 0 Å². The van der Waals surface area contributed by atoms with Crippen molar-refractivity contribution in [2.24, 2.45) is 4.99 Å². The molecule has 2 atom stereocenters. The zero-order valence-electron chi connectivity index (χ0n) is 16.0. The van der Waals surface area contributed by atoms with E-state index in [1.807, 2.05) is 49.4 Å². The molecule has 0 saturated carbocycles. The second-order valence-electron chi connectivity index (χ2n) is 6.96. The highest BCUT2D eigenvalue weighted by atomic mass is 32.2. The van der Waals surface area contributed by atoms with E-state index in [-0.39, 0.29) is 29.0 Å². The van der Waals surface area contributed by atoms with Crippen molar-refractivity contribution in [2.75, 3.05) is 6.61 Å². The summed E-state index contributed by atoms with van der Waals surface area (Å²) in [6.45, 7) is 2.12. The van der Waals surface area contributed by atoms with Crippen molar-refractivity contribution in [1.29, 1.82) is 0 Å². The molecule has 1 unspecified atom stereocenters. The van der Waals surface area contributed by atoms with Gasteiger partial charge in [0, 0.05) is 4.90 Å². The fourth-order valence-corrected chi connectivity index (χ4v) is 4.37. The van der Waals surface area contributed by atoms with E-state index in [0.717, 1.165) is 23.3 Å². The fourth-order valence-electron chi connectivity index (χ4n) is 3.19. The highest BCUT2D eigenvalue weighted by Gasteiger charge is 2.33. The van der Waals surface area contributed by atoms with E-state index in [0.29, 0.717) is 4.90 Å². The second kappa shape index (κ2) is 8.07. The first-order valence-corrected chi connectivity index (χ1v) is 10.4. The zero-order valence-corrected chi connectivity index (χ0v) is 16.8. The van der Waals surface area contributed by atoms with Gasteiger partial charge in [-0.15, -0.1) is 0 Å². The molecule has 0 amide bonds. The van der Waals surface area contributed by atoms with E-state index in [9.17, 15) is 17.4 Å².